The number of anilines is 1. The quantitative estimate of drug-likeness (QED) is 0.268. The SMILES string of the molecule is Cn1cc(-c2cc(-c3ccc(N4C[C@@H]5C(NC(=O)C(NC(=O)OC(C)(C)C)c6ccccc6)[C@@H]5C4)nc3)c3c(C#N)cnn3c2)cn1. The fourth-order valence-corrected chi connectivity index (χ4v) is 6.43. The van der Waals surface area contributed by atoms with Crippen LogP contribution in [0.3, 0.4) is 0 Å². The zero-order chi connectivity index (χ0) is 32.9. The van der Waals surface area contributed by atoms with Crippen LogP contribution in [0.4, 0.5) is 10.6 Å². The molecule has 0 bridgehead atoms. The number of aromatic nitrogens is 5. The Morgan fingerprint density at radius 3 is 2.38 bits per heavy atom. The number of rotatable bonds is 7. The molecule has 4 aromatic heterocycles. The van der Waals surface area contributed by atoms with Crippen molar-refractivity contribution in [1.29, 1.82) is 5.26 Å². The molecule has 5 heterocycles. The first-order valence-corrected chi connectivity index (χ1v) is 15.5. The van der Waals surface area contributed by atoms with Gasteiger partial charge in [-0.05, 0) is 44.5 Å². The van der Waals surface area contributed by atoms with Crippen molar-refractivity contribution in [3.8, 4) is 28.3 Å². The Labute approximate surface area is 272 Å². The predicted molar refractivity (Wildman–Crippen MR) is 175 cm³/mol. The van der Waals surface area contributed by atoms with Crippen LogP contribution in [-0.4, -0.2) is 61.1 Å². The third kappa shape index (κ3) is 6.00. The molecule has 2 aliphatic rings. The second kappa shape index (κ2) is 11.6. The minimum absolute atomic E-state index is 0.0273. The van der Waals surface area contributed by atoms with E-state index in [1.807, 2.05) is 74.2 Å². The highest BCUT2D eigenvalue weighted by Crippen LogP contribution is 2.47. The van der Waals surface area contributed by atoms with Crippen LogP contribution in [0.15, 0.2) is 79.5 Å². The number of benzene rings is 1. The van der Waals surface area contributed by atoms with Crippen LogP contribution in [0.2, 0.25) is 0 Å². The number of pyridine rings is 2. The summed E-state index contributed by atoms with van der Waals surface area (Å²) < 4.78 is 8.91. The minimum Gasteiger partial charge on any atom is -0.444 e. The number of carbonyl (C=O) groups excluding carboxylic acids is 2. The standard InChI is InChI=1S/C35H35N9O3/c1-35(2,3)47-34(46)41-30(21-8-6-5-7-9-21)33(45)40-31-27-19-43(20-28(27)31)29-11-10-22(14-37-29)26-12-23(25-16-38-42(4)17-25)18-44-32(26)24(13-36)15-39-44/h5-12,14-18,27-28,30-31H,19-20H2,1-4H3,(H,40,45)(H,41,46)/t27-,28+,30?,31?. The molecular weight excluding hydrogens is 594 g/mol. The number of nitrogens with one attached hydrogen (secondary N) is 2. The van der Waals surface area contributed by atoms with Crippen LogP contribution < -0.4 is 15.5 Å². The first kappa shape index (κ1) is 30.0. The van der Waals surface area contributed by atoms with Crippen LogP contribution in [0, 0.1) is 23.2 Å². The number of hydrogen-bond donors (Lipinski definition) is 2. The first-order chi connectivity index (χ1) is 22.6. The van der Waals surface area contributed by atoms with Crippen LogP contribution in [-0.2, 0) is 16.6 Å². The molecule has 1 saturated heterocycles. The lowest BCUT2D eigenvalue weighted by Crippen LogP contribution is -2.44. The molecule has 2 unspecified atom stereocenters. The Bertz CT molecular complexity index is 1990. The minimum atomic E-state index is -0.863. The van der Waals surface area contributed by atoms with E-state index >= 15 is 0 Å². The second-order valence-electron chi connectivity index (χ2n) is 13.2. The summed E-state index contributed by atoms with van der Waals surface area (Å²) in [5.74, 6) is 1.18. The van der Waals surface area contributed by atoms with Gasteiger partial charge in [-0.25, -0.2) is 14.3 Å². The maximum Gasteiger partial charge on any atom is 0.408 e. The molecule has 0 spiro atoms. The van der Waals surface area contributed by atoms with Crippen molar-refractivity contribution in [3.05, 3.63) is 90.6 Å². The molecule has 12 nitrogen and oxygen atoms in total. The van der Waals surface area contributed by atoms with E-state index in [-0.39, 0.29) is 11.9 Å². The van der Waals surface area contributed by atoms with E-state index in [2.05, 4.69) is 31.8 Å². The maximum absolute atomic E-state index is 13.4. The van der Waals surface area contributed by atoms with Crippen molar-refractivity contribution in [1.82, 2.24) is 35.0 Å². The van der Waals surface area contributed by atoms with Crippen molar-refractivity contribution in [2.24, 2.45) is 18.9 Å². The molecule has 12 heteroatoms. The van der Waals surface area contributed by atoms with Crippen LogP contribution in [0.25, 0.3) is 27.8 Å². The molecule has 1 saturated carbocycles. The third-order valence-corrected chi connectivity index (χ3v) is 8.71. The van der Waals surface area contributed by atoms with E-state index in [0.717, 1.165) is 46.7 Å². The molecule has 4 atom stereocenters. The lowest BCUT2D eigenvalue weighted by Gasteiger charge is -2.25. The van der Waals surface area contributed by atoms with Gasteiger partial charge >= 0.3 is 6.09 Å². The Morgan fingerprint density at radius 1 is 0.979 bits per heavy atom. The zero-order valence-electron chi connectivity index (χ0n) is 26.6. The van der Waals surface area contributed by atoms with E-state index in [4.69, 9.17) is 9.72 Å². The molecule has 1 aliphatic carbocycles. The summed E-state index contributed by atoms with van der Waals surface area (Å²) >= 11 is 0. The van der Waals surface area contributed by atoms with E-state index in [9.17, 15) is 14.9 Å². The lowest BCUT2D eigenvalue weighted by molar-refractivity contribution is -0.123. The molecule has 2 fully saturated rings. The van der Waals surface area contributed by atoms with E-state index < -0.39 is 17.7 Å². The number of nitrogens with zero attached hydrogens (tertiary/aromatic N) is 7. The Kier molecular flexibility index (Phi) is 7.39. The molecule has 2 N–H and O–H groups in total. The molecular formula is C35H35N9O3. The maximum atomic E-state index is 13.4. The van der Waals surface area contributed by atoms with Crippen molar-refractivity contribution in [2.75, 3.05) is 18.0 Å². The van der Waals surface area contributed by atoms with Crippen molar-refractivity contribution >= 4 is 23.3 Å². The fraction of sp³-hybridized carbons (Fsp3) is 0.314. The average Bonchev–Trinajstić information content (AvgIpc) is 3.50. The highest BCUT2D eigenvalue weighted by molar-refractivity contribution is 5.88. The molecule has 7 rings (SSSR count). The zero-order valence-corrected chi connectivity index (χ0v) is 26.6. The molecule has 238 valence electrons. The molecule has 2 amide bonds. The first-order valence-electron chi connectivity index (χ1n) is 15.5. The number of ether oxygens (including phenoxy) is 1. The Hall–Kier alpha value is -5.70. The summed E-state index contributed by atoms with van der Waals surface area (Å²) in [6.45, 7) is 6.88. The van der Waals surface area contributed by atoms with Gasteiger partial charge in [-0.15, -0.1) is 0 Å². The number of aryl methyl sites for hydroxylation is 1. The third-order valence-electron chi connectivity index (χ3n) is 8.71. The van der Waals surface area contributed by atoms with Crippen LogP contribution >= 0.6 is 0 Å². The normalized spacial score (nSPS) is 19.1. The van der Waals surface area contributed by atoms with Crippen molar-refractivity contribution in [3.63, 3.8) is 0 Å². The van der Waals surface area contributed by atoms with Gasteiger partial charge in [0.05, 0.1) is 23.5 Å². The van der Waals surface area contributed by atoms with Gasteiger partial charge in [0.15, 0.2) is 0 Å². The van der Waals surface area contributed by atoms with Gasteiger partial charge in [0, 0.05) is 78.9 Å². The van der Waals surface area contributed by atoms with Gasteiger partial charge in [-0.3, -0.25) is 9.48 Å². The Balaban J connectivity index is 1.04. The largest absolute Gasteiger partial charge is 0.444 e. The molecule has 1 aromatic carbocycles. The van der Waals surface area contributed by atoms with Gasteiger partial charge < -0.3 is 20.3 Å². The summed E-state index contributed by atoms with van der Waals surface area (Å²) in [6.07, 6.45) is 8.42. The Morgan fingerprint density at radius 2 is 1.74 bits per heavy atom. The molecule has 1 aliphatic heterocycles. The summed E-state index contributed by atoms with van der Waals surface area (Å²) in [5.41, 5.74) is 4.84. The lowest BCUT2D eigenvalue weighted by atomic mass is 10.0. The molecule has 0 radical (unpaired) electrons. The summed E-state index contributed by atoms with van der Waals surface area (Å²) in [6, 6.07) is 16.7. The summed E-state index contributed by atoms with van der Waals surface area (Å²) in [4.78, 5) is 33.1. The van der Waals surface area contributed by atoms with Crippen LogP contribution in [0.5, 0.6) is 0 Å². The van der Waals surface area contributed by atoms with E-state index in [1.54, 1.807) is 42.4 Å². The van der Waals surface area contributed by atoms with Gasteiger partial charge in [0.25, 0.3) is 0 Å². The monoisotopic (exact) mass is 629 g/mol. The van der Waals surface area contributed by atoms with Gasteiger partial charge in [0.1, 0.15) is 23.5 Å². The van der Waals surface area contributed by atoms with E-state index in [1.165, 1.54) is 0 Å². The van der Waals surface area contributed by atoms with Gasteiger partial charge in [0.2, 0.25) is 5.91 Å². The number of amides is 2. The molecule has 5 aromatic rings. The second-order valence-corrected chi connectivity index (χ2v) is 13.2. The summed E-state index contributed by atoms with van der Waals surface area (Å²) in [7, 11) is 1.87. The predicted octanol–water partition coefficient (Wildman–Crippen LogP) is 4.49. The van der Waals surface area contributed by atoms with Gasteiger partial charge in [-0.1, -0.05) is 30.3 Å². The number of nitriles is 1. The van der Waals surface area contributed by atoms with Gasteiger partial charge in [-0.2, -0.15) is 15.5 Å². The number of piperidine rings is 1. The number of hydrogen-bond acceptors (Lipinski definition) is 8. The number of alkyl carbamates (subject to hydrolysis) is 1. The fourth-order valence-electron chi connectivity index (χ4n) is 6.43. The molecule has 47 heavy (non-hydrogen) atoms. The topological polar surface area (TPSA) is 142 Å². The van der Waals surface area contributed by atoms with E-state index in [0.29, 0.717) is 23.0 Å². The van der Waals surface area contributed by atoms with Crippen LogP contribution in [0.1, 0.15) is 37.9 Å². The highest BCUT2D eigenvalue weighted by Gasteiger charge is 2.57. The number of carbonyl (C=O) groups is 2. The highest BCUT2D eigenvalue weighted by atomic mass is 16.6. The van der Waals surface area contributed by atoms with Crippen molar-refractivity contribution < 1.29 is 14.3 Å². The summed E-state index contributed by atoms with van der Waals surface area (Å²) in [5, 5.41) is 24.4. The smallest absolute Gasteiger partial charge is 0.408 e. The average molecular weight is 630 g/mol. The van der Waals surface area contributed by atoms with Crippen molar-refractivity contribution in [2.45, 2.75) is 38.5 Å². The number of fused-ring (bicyclic) bond motifs is 2.